The average molecular weight is 441 g/mol. The highest BCUT2D eigenvalue weighted by atomic mass is 16.4. The predicted molar refractivity (Wildman–Crippen MR) is 137 cm³/mol. The van der Waals surface area contributed by atoms with Crippen LogP contribution in [0.15, 0.2) is 109 Å². The molecule has 0 saturated heterocycles. The van der Waals surface area contributed by atoms with Crippen LogP contribution in [0.4, 0.5) is 0 Å². The third-order valence-corrected chi connectivity index (χ3v) is 6.05. The lowest BCUT2D eigenvalue weighted by Crippen LogP contribution is -2.29. The Balaban J connectivity index is 1.68. The molecule has 0 aliphatic rings. The zero-order chi connectivity index (χ0) is 23.1. The van der Waals surface area contributed by atoms with E-state index in [0.717, 1.165) is 44.3 Å². The van der Waals surface area contributed by atoms with Gasteiger partial charge in [0.1, 0.15) is 0 Å². The molecule has 0 spiro atoms. The Bertz CT molecular complexity index is 1570. The molecule has 2 aromatic heterocycles. The summed E-state index contributed by atoms with van der Waals surface area (Å²) in [6.07, 6.45) is 0. The third kappa shape index (κ3) is 3.46. The normalized spacial score (nSPS) is 11.2. The molecule has 2 heterocycles. The average Bonchev–Trinajstić information content (AvgIpc) is 3.23. The van der Waals surface area contributed by atoms with Gasteiger partial charge in [0, 0.05) is 21.9 Å². The van der Waals surface area contributed by atoms with E-state index in [1.54, 1.807) is 6.07 Å². The summed E-state index contributed by atoms with van der Waals surface area (Å²) in [6, 6.07) is 35.6. The molecule has 5 nitrogen and oxygen atoms in total. The number of nitrogens with zero attached hydrogens (tertiary/aromatic N) is 3. The Kier molecular flexibility index (Phi) is 4.95. The van der Waals surface area contributed by atoms with E-state index in [0.29, 0.717) is 11.4 Å². The van der Waals surface area contributed by atoms with Crippen LogP contribution in [0, 0.1) is 0 Å². The molecule has 0 saturated carbocycles. The Morgan fingerprint density at radius 1 is 0.559 bits per heavy atom. The molecular weight excluding hydrogens is 421 g/mol. The van der Waals surface area contributed by atoms with Crippen LogP contribution in [0.1, 0.15) is 0 Å². The molecule has 0 bridgehead atoms. The van der Waals surface area contributed by atoms with E-state index in [-0.39, 0.29) is 0 Å². The SMILES string of the molecule is OB(O)c1ccc2c(c1)c1ccccc1n2-c1nc(-c2ccccc2)cc(-c2ccccc2)n1. The lowest BCUT2D eigenvalue weighted by atomic mass is 9.80. The Labute approximate surface area is 196 Å². The molecule has 162 valence electrons. The number of para-hydroxylation sites is 1. The van der Waals surface area contributed by atoms with Gasteiger partial charge in [-0.1, -0.05) is 91.0 Å². The first-order valence-electron chi connectivity index (χ1n) is 11.1. The van der Waals surface area contributed by atoms with E-state index < -0.39 is 7.12 Å². The number of aromatic nitrogens is 3. The minimum Gasteiger partial charge on any atom is -0.423 e. The van der Waals surface area contributed by atoms with Crippen LogP contribution in [0.2, 0.25) is 0 Å². The van der Waals surface area contributed by atoms with Crippen molar-refractivity contribution in [3.8, 4) is 28.5 Å². The topological polar surface area (TPSA) is 71.2 Å². The molecule has 0 aliphatic heterocycles. The summed E-state index contributed by atoms with van der Waals surface area (Å²) in [4.78, 5) is 9.97. The summed E-state index contributed by atoms with van der Waals surface area (Å²) < 4.78 is 2.04. The molecule has 0 radical (unpaired) electrons. The second-order valence-corrected chi connectivity index (χ2v) is 8.17. The van der Waals surface area contributed by atoms with Gasteiger partial charge in [-0.2, -0.15) is 0 Å². The van der Waals surface area contributed by atoms with Crippen LogP contribution in [-0.2, 0) is 0 Å². The van der Waals surface area contributed by atoms with Gasteiger partial charge in [0.05, 0.1) is 22.4 Å². The minimum absolute atomic E-state index is 0.444. The van der Waals surface area contributed by atoms with Crippen molar-refractivity contribution in [1.29, 1.82) is 0 Å². The standard InChI is InChI=1S/C28H20BN3O2/c33-29(34)21-15-16-27-23(17-21)22-13-7-8-14-26(22)32(27)28-30-24(19-9-3-1-4-10-19)18-25(31-28)20-11-5-2-6-12-20/h1-18,33-34H. The van der Waals surface area contributed by atoms with Crippen LogP contribution >= 0.6 is 0 Å². The highest BCUT2D eigenvalue weighted by molar-refractivity contribution is 6.59. The molecule has 2 N–H and O–H groups in total. The molecule has 6 heteroatoms. The second-order valence-electron chi connectivity index (χ2n) is 8.17. The van der Waals surface area contributed by atoms with E-state index in [2.05, 4.69) is 0 Å². The first-order valence-corrected chi connectivity index (χ1v) is 11.1. The molecule has 34 heavy (non-hydrogen) atoms. The number of rotatable bonds is 4. The molecule has 6 aromatic rings. The summed E-state index contributed by atoms with van der Waals surface area (Å²) in [5.41, 5.74) is 5.97. The number of hydrogen-bond acceptors (Lipinski definition) is 4. The largest absolute Gasteiger partial charge is 0.488 e. The van der Waals surface area contributed by atoms with Gasteiger partial charge in [-0.05, 0) is 23.7 Å². The van der Waals surface area contributed by atoms with Gasteiger partial charge in [0.15, 0.2) is 0 Å². The van der Waals surface area contributed by atoms with Crippen LogP contribution in [0.5, 0.6) is 0 Å². The zero-order valence-electron chi connectivity index (χ0n) is 18.2. The van der Waals surface area contributed by atoms with Crippen molar-refractivity contribution in [1.82, 2.24) is 14.5 Å². The van der Waals surface area contributed by atoms with Crippen molar-refractivity contribution >= 4 is 34.4 Å². The van der Waals surface area contributed by atoms with E-state index >= 15 is 0 Å². The van der Waals surface area contributed by atoms with Crippen LogP contribution in [-0.4, -0.2) is 31.7 Å². The molecule has 0 fully saturated rings. The molecular formula is C28H20BN3O2. The molecule has 0 atom stereocenters. The molecule has 6 rings (SSSR count). The highest BCUT2D eigenvalue weighted by Gasteiger charge is 2.19. The molecule has 4 aromatic carbocycles. The fraction of sp³-hybridized carbons (Fsp3) is 0. The van der Waals surface area contributed by atoms with E-state index in [4.69, 9.17) is 9.97 Å². The molecule has 0 unspecified atom stereocenters. The second kappa shape index (κ2) is 8.26. The summed E-state index contributed by atoms with van der Waals surface area (Å²) in [7, 11) is -1.53. The van der Waals surface area contributed by atoms with Gasteiger partial charge < -0.3 is 10.0 Å². The molecule has 0 amide bonds. The minimum atomic E-state index is -1.53. The van der Waals surface area contributed by atoms with Gasteiger partial charge in [-0.15, -0.1) is 0 Å². The lowest BCUT2D eigenvalue weighted by molar-refractivity contribution is 0.426. The highest BCUT2D eigenvalue weighted by Crippen LogP contribution is 2.32. The maximum Gasteiger partial charge on any atom is 0.488 e. The van der Waals surface area contributed by atoms with Gasteiger partial charge in [0.2, 0.25) is 5.95 Å². The Hall–Kier alpha value is -4.26. The molecule has 0 aliphatic carbocycles. The fourth-order valence-corrected chi connectivity index (χ4v) is 4.41. The summed E-state index contributed by atoms with van der Waals surface area (Å²) in [6.45, 7) is 0. The van der Waals surface area contributed by atoms with E-state index in [9.17, 15) is 10.0 Å². The predicted octanol–water partition coefficient (Wildman–Crippen LogP) is 4.59. The summed E-state index contributed by atoms with van der Waals surface area (Å²) in [5, 5.41) is 21.4. The van der Waals surface area contributed by atoms with Crippen LogP contribution in [0.3, 0.4) is 0 Å². The monoisotopic (exact) mass is 441 g/mol. The zero-order valence-corrected chi connectivity index (χ0v) is 18.2. The number of benzene rings is 4. The van der Waals surface area contributed by atoms with Crippen molar-refractivity contribution in [3.63, 3.8) is 0 Å². The number of fused-ring (bicyclic) bond motifs is 3. The Morgan fingerprint density at radius 3 is 1.74 bits per heavy atom. The van der Waals surface area contributed by atoms with Crippen molar-refractivity contribution in [3.05, 3.63) is 109 Å². The quantitative estimate of drug-likeness (QED) is 0.393. The fourth-order valence-electron chi connectivity index (χ4n) is 4.41. The van der Waals surface area contributed by atoms with Crippen molar-refractivity contribution in [2.45, 2.75) is 0 Å². The van der Waals surface area contributed by atoms with E-state index in [1.807, 2.05) is 108 Å². The van der Waals surface area contributed by atoms with Crippen LogP contribution in [0.25, 0.3) is 50.3 Å². The van der Waals surface area contributed by atoms with Crippen molar-refractivity contribution < 1.29 is 10.0 Å². The van der Waals surface area contributed by atoms with E-state index in [1.165, 1.54) is 0 Å². The van der Waals surface area contributed by atoms with Crippen molar-refractivity contribution in [2.75, 3.05) is 0 Å². The van der Waals surface area contributed by atoms with Gasteiger partial charge >= 0.3 is 7.12 Å². The number of hydrogen-bond donors (Lipinski definition) is 2. The third-order valence-electron chi connectivity index (χ3n) is 6.05. The lowest BCUT2D eigenvalue weighted by Gasteiger charge is -2.12. The van der Waals surface area contributed by atoms with Gasteiger partial charge in [-0.25, -0.2) is 9.97 Å². The van der Waals surface area contributed by atoms with Gasteiger partial charge in [0.25, 0.3) is 0 Å². The summed E-state index contributed by atoms with van der Waals surface area (Å²) >= 11 is 0. The maximum absolute atomic E-state index is 9.73. The van der Waals surface area contributed by atoms with Gasteiger partial charge in [-0.3, -0.25) is 4.57 Å². The first-order chi connectivity index (χ1) is 16.7. The Morgan fingerprint density at radius 2 is 1.12 bits per heavy atom. The maximum atomic E-state index is 9.73. The first kappa shape index (κ1) is 20.4. The smallest absolute Gasteiger partial charge is 0.423 e. The summed E-state index contributed by atoms with van der Waals surface area (Å²) in [5.74, 6) is 0.559. The van der Waals surface area contributed by atoms with Crippen molar-refractivity contribution in [2.24, 2.45) is 0 Å². The van der Waals surface area contributed by atoms with Crippen LogP contribution < -0.4 is 5.46 Å².